The maximum atomic E-state index is 13.1. The number of hydrogen-bond donors (Lipinski definition) is 0. The molecule has 1 saturated heterocycles. The van der Waals surface area contributed by atoms with Crippen LogP contribution in [0.5, 0.6) is 5.75 Å². The lowest BCUT2D eigenvalue weighted by Gasteiger charge is -2.32. The number of amides is 1. The molecule has 3 aromatic rings. The standard InChI is InChI=1S/C23H25N3O3/c1-28-20-9-7-18(8-10-20)21(17-5-3-2-4-6-17)15-22(27)26-13-11-19(12-14-26)23-24-16-29-25-23/h2-10,16,19,21H,11-15H2,1H3/t21-/m1/s1. The van der Waals surface area contributed by atoms with E-state index >= 15 is 0 Å². The number of benzene rings is 2. The maximum Gasteiger partial charge on any atom is 0.223 e. The maximum absolute atomic E-state index is 13.1. The molecule has 150 valence electrons. The number of aromatic nitrogens is 2. The minimum Gasteiger partial charge on any atom is -0.497 e. The van der Waals surface area contributed by atoms with Crippen molar-refractivity contribution >= 4 is 5.91 Å². The largest absolute Gasteiger partial charge is 0.497 e. The molecule has 1 aliphatic heterocycles. The smallest absolute Gasteiger partial charge is 0.223 e. The van der Waals surface area contributed by atoms with Crippen molar-refractivity contribution in [3.63, 3.8) is 0 Å². The summed E-state index contributed by atoms with van der Waals surface area (Å²) in [7, 11) is 1.66. The van der Waals surface area contributed by atoms with Gasteiger partial charge in [0.2, 0.25) is 12.3 Å². The fourth-order valence-electron chi connectivity index (χ4n) is 4.00. The third-order valence-electron chi connectivity index (χ3n) is 5.69. The van der Waals surface area contributed by atoms with Gasteiger partial charge in [0.05, 0.1) is 7.11 Å². The predicted molar refractivity (Wildman–Crippen MR) is 109 cm³/mol. The molecule has 0 radical (unpaired) electrons. The molecular formula is C23H25N3O3. The average Bonchev–Trinajstić information content (AvgIpc) is 3.33. The second kappa shape index (κ2) is 8.90. The van der Waals surface area contributed by atoms with Crippen LogP contribution >= 0.6 is 0 Å². The molecule has 2 aromatic carbocycles. The van der Waals surface area contributed by atoms with Crippen molar-refractivity contribution in [3.8, 4) is 5.75 Å². The first kappa shape index (κ1) is 19.2. The summed E-state index contributed by atoms with van der Waals surface area (Å²) in [6.07, 6.45) is 3.54. The summed E-state index contributed by atoms with van der Waals surface area (Å²) in [5.74, 6) is 2.03. The van der Waals surface area contributed by atoms with Gasteiger partial charge < -0.3 is 14.2 Å². The molecule has 29 heavy (non-hydrogen) atoms. The lowest BCUT2D eigenvalue weighted by molar-refractivity contribution is -0.132. The molecule has 1 atom stereocenters. The Hall–Kier alpha value is -3.15. The highest BCUT2D eigenvalue weighted by Gasteiger charge is 2.28. The van der Waals surface area contributed by atoms with Crippen LogP contribution in [0.2, 0.25) is 0 Å². The summed E-state index contributed by atoms with van der Waals surface area (Å²) in [5.41, 5.74) is 2.26. The van der Waals surface area contributed by atoms with Crippen molar-refractivity contribution in [1.82, 2.24) is 15.0 Å². The second-order valence-electron chi connectivity index (χ2n) is 7.39. The van der Waals surface area contributed by atoms with Gasteiger partial charge in [0.25, 0.3) is 0 Å². The number of carbonyl (C=O) groups is 1. The number of ether oxygens (including phenoxy) is 1. The molecule has 0 bridgehead atoms. The van der Waals surface area contributed by atoms with E-state index in [-0.39, 0.29) is 17.7 Å². The topological polar surface area (TPSA) is 68.5 Å². The first-order chi connectivity index (χ1) is 14.2. The number of hydrogen-bond acceptors (Lipinski definition) is 5. The molecule has 6 heteroatoms. The summed E-state index contributed by atoms with van der Waals surface area (Å²) in [6.45, 7) is 1.45. The minimum absolute atomic E-state index is 0.0181. The summed E-state index contributed by atoms with van der Waals surface area (Å²) < 4.78 is 10.1. The molecule has 1 fully saturated rings. The van der Waals surface area contributed by atoms with Crippen LogP contribution in [0.1, 0.15) is 48.0 Å². The molecule has 0 unspecified atom stereocenters. The van der Waals surface area contributed by atoms with Gasteiger partial charge in [-0.2, -0.15) is 4.98 Å². The van der Waals surface area contributed by atoms with Gasteiger partial charge >= 0.3 is 0 Å². The molecule has 0 spiro atoms. The zero-order chi connectivity index (χ0) is 20.1. The van der Waals surface area contributed by atoms with Crippen LogP contribution in [0.4, 0.5) is 0 Å². The lowest BCUT2D eigenvalue weighted by atomic mass is 9.87. The van der Waals surface area contributed by atoms with Gasteiger partial charge in [-0.1, -0.05) is 47.6 Å². The SMILES string of the molecule is COc1ccc([C@H](CC(=O)N2CCC(c3ncon3)CC2)c2ccccc2)cc1. The van der Waals surface area contributed by atoms with E-state index in [0.717, 1.165) is 48.6 Å². The molecule has 4 rings (SSSR count). The summed E-state index contributed by atoms with van der Waals surface area (Å²) in [4.78, 5) is 19.3. The van der Waals surface area contributed by atoms with Crippen LogP contribution in [0.25, 0.3) is 0 Å². The molecule has 2 heterocycles. The zero-order valence-electron chi connectivity index (χ0n) is 16.5. The number of piperidine rings is 1. The molecule has 0 saturated carbocycles. The first-order valence-electron chi connectivity index (χ1n) is 9.97. The number of rotatable bonds is 6. The molecule has 6 nitrogen and oxygen atoms in total. The third kappa shape index (κ3) is 4.47. The summed E-state index contributed by atoms with van der Waals surface area (Å²) in [6, 6.07) is 18.2. The average molecular weight is 391 g/mol. The van der Waals surface area contributed by atoms with Crippen LogP contribution < -0.4 is 4.74 Å². The van der Waals surface area contributed by atoms with E-state index in [2.05, 4.69) is 22.3 Å². The zero-order valence-corrected chi connectivity index (χ0v) is 16.5. The van der Waals surface area contributed by atoms with E-state index in [4.69, 9.17) is 9.26 Å². The Morgan fingerprint density at radius 1 is 1.10 bits per heavy atom. The van der Waals surface area contributed by atoms with E-state index in [1.807, 2.05) is 47.4 Å². The molecule has 1 amide bonds. The highest BCUT2D eigenvalue weighted by atomic mass is 16.5. The van der Waals surface area contributed by atoms with Crippen LogP contribution in [0, 0.1) is 0 Å². The van der Waals surface area contributed by atoms with Crippen molar-refractivity contribution in [3.05, 3.63) is 77.9 Å². The minimum atomic E-state index is 0.0181. The van der Waals surface area contributed by atoms with Crippen molar-refractivity contribution < 1.29 is 14.1 Å². The van der Waals surface area contributed by atoms with Gasteiger partial charge in [0.1, 0.15) is 5.75 Å². The van der Waals surface area contributed by atoms with E-state index in [0.29, 0.717) is 6.42 Å². The fourth-order valence-corrected chi connectivity index (χ4v) is 4.00. The number of likely N-dealkylation sites (tertiary alicyclic amines) is 1. The van der Waals surface area contributed by atoms with Crippen molar-refractivity contribution in [1.29, 1.82) is 0 Å². The second-order valence-corrected chi connectivity index (χ2v) is 7.39. The lowest BCUT2D eigenvalue weighted by Crippen LogP contribution is -2.38. The molecular weight excluding hydrogens is 366 g/mol. The van der Waals surface area contributed by atoms with Crippen LogP contribution in [0.3, 0.4) is 0 Å². The van der Waals surface area contributed by atoms with Crippen LogP contribution in [-0.4, -0.2) is 41.1 Å². The van der Waals surface area contributed by atoms with Gasteiger partial charge in [-0.3, -0.25) is 4.79 Å². The number of methoxy groups -OCH3 is 1. The van der Waals surface area contributed by atoms with E-state index in [1.165, 1.54) is 6.39 Å². The van der Waals surface area contributed by atoms with Crippen LogP contribution in [0.15, 0.2) is 65.5 Å². The van der Waals surface area contributed by atoms with Gasteiger partial charge in [-0.05, 0) is 36.1 Å². The summed E-state index contributed by atoms with van der Waals surface area (Å²) >= 11 is 0. The Morgan fingerprint density at radius 2 is 1.79 bits per heavy atom. The van der Waals surface area contributed by atoms with Crippen LogP contribution in [-0.2, 0) is 4.79 Å². The Labute approximate surface area is 170 Å². The fraction of sp³-hybridized carbons (Fsp3) is 0.348. The number of nitrogens with zero attached hydrogens (tertiary/aromatic N) is 3. The first-order valence-corrected chi connectivity index (χ1v) is 9.97. The molecule has 0 N–H and O–H groups in total. The predicted octanol–water partition coefficient (Wildman–Crippen LogP) is 4.01. The van der Waals surface area contributed by atoms with Crippen molar-refractivity contribution in [2.45, 2.75) is 31.1 Å². The molecule has 0 aliphatic carbocycles. The van der Waals surface area contributed by atoms with Crippen molar-refractivity contribution in [2.24, 2.45) is 0 Å². The van der Waals surface area contributed by atoms with Gasteiger partial charge in [0.15, 0.2) is 5.82 Å². The molecule has 1 aromatic heterocycles. The highest BCUT2D eigenvalue weighted by Crippen LogP contribution is 2.31. The normalized spacial score (nSPS) is 15.8. The monoisotopic (exact) mass is 391 g/mol. The van der Waals surface area contributed by atoms with Gasteiger partial charge in [-0.15, -0.1) is 0 Å². The Balaban J connectivity index is 1.46. The van der Waals surface area contributed by atoms with E-state index in [1.54, 1.807) is 7.11 Å². The summed E-state index contributed by atoms with van der Waals surface area (Å²) in [5, 5.41) is 3.95. The highest BCUT2D eigenvalue weighted by molar-refractivity contribution is 5.78. The Morgan fingerprint density at radius 3 is 2.41 bits per heavy atom. The van der Waals surface area contributed by atoms with E-state index < -0.39 is 0 Å². The van der Waals surface area contributed by atoms with Gasteiger partial charge in [0, 0.05) is 31.3 Å². The Bertz CT molecular complexity index is 902. The Kier molecular flexibility index (Phi) is 5.89. The molecule has 1 aliphatic rings. The van der Waals surface area contributed by atoms with Gasteiger partial charge in [-0.25, -0.2) is 0 Å². The van der Waals surface area contributed by atoms with Crippen molar-refractivity contribution in [2.75, 3.05) is 20.2 Å². The quantitative estimate of drug-likeness (QED) is 0.635. The third-order valence-corrected chi connectivity index (χ3v) is 5.69. The number of carbonyl (C=O) groups excluding carboxylic acids is 1. The van der Waals surface area contributed by atoms with E-state index in [9.17, 15) is 4.79 Å².